The van der Waals surface area contributed by atoms with Gasteiger partial charge in [0.2, 0.25) is 0 Å². The Morgan fingerprint density at radius 3 is 2.55 bits per heavy atom. The van der Waals surface area contributed by atoms with Gasteiger partial charge in [-0.2, -0.15) is 0 Å². The first-order chi connectivity index (χ1) is 9.61. The van der Waals surface area contributed by atoms with Gasteiger partial charge in [-0.05, 0) is 29.7 Å². The van der Waals surface area contributed by atoms with E-state index in [9.17, 15) is 4.79 Å². The summed E-state index contributed by atoms with van der Waals surface area (Å²) in [6.07, 6.45) is 0.291. The number of nitrogens with two attached hydrogens (primary N) is 1. The maximum atomic E-state index is 10.8. The van der Waals surface area contributed by atoms with Gasteiger partial charge in [0.05, 0.1) is 7.11 Å². The molecule has 0 aromatic heterocycles. The lowest BCUT2D eigenvalue weighted by Crippen LogP contribution is -2.32. The molecule has 1 atom stereocenters. The Morgan fingerprint density at radius 2 is 1.95 bits per heavy atom. The Morgan fingerprint density at radius 1 is 1.25 bits per heavy atom. The van der Waals surface area contributed by atoms with Crippen molar-refractivity contribution in [3.8, 4) is 16.9 Å². The summed E-state index contributed by atoms with van der Waals surface area (Å²) in [7, 11) is 1.62. The van der Waals surface area contributed by atoms with E-state index < -0.39 is 12.0 Å². The molecule has 0 aliphatic rings. The lowest BCUT2D eigenvalue weighted by molar-refractivity contribution is -0.138. The number of hydrogen-bond donors (Lipinski definition) is 2. The van der Waals surface area contributed by atoms with Crippen molar-refractivity contribution in [2.75, 3.05) is 7.11 Å². The number of carbonyl (C=O) groups is 1. The fourth-order valence-corrected chi connectivity index (χ4v) is 2.07. The normalized spacial score (nSPS) is 11.9. The molecule has 104 valence electrons. The van der Waals surface area contributed by atoms with Crippen LogP contribution in [0.5, 0.6) is 5.75 Å². The molecule has 4 heteroatoms. The number of benzene rings is 2. The summed E-state index contributed by atoms with van der Waals surface area (Å²) < 4.78 is 5.36. The van der Waals surface area contributed by atoms with Crippen molar-refractivity contribution in [1.29, 1.82) is 0 Å². The van der Waals surface area contributed by atoms with Gasteiger partial charge in [-0.15, -0.1) is 0 Å². The van der Waals surface area contributed by atoms with Gasteiger partial charge in [0.15, 0.2) is 0 Å². The van der Waals surface area contributed by atoms with Gasteiger partial charge in [0.1, 0.15) is 11.8 Å². The minimum Gasteiger partial charge on any atom is -0.496 e. The van der Waals surface area contributed by atoms with E-state index in [-0.39, 0.29) is 0 Å². The minimum atomic E-state index is -0.998. The largest absolute Gasteiger partial charge is 0.496 e. The summed E-state index contributed by atoms with van der Waals surface area (Å²) in [5.41, 5.74) is 8.41. The summed E-state index contributed by atoms with van der Waals surface area (Å²) >= 11 is 0. The van der Waals surface area contributed by atoms with Crippen LogP contribution < -0.4 is 10.5 Å². The number of carboxylic acids is 1. The monoisotopic (exact) mass is 271 g/mol. The predicted molar refractivity (Wildman–Crippen MR) is 77.7 cm³/mol. The van der Waals surface area contributed by atoms with E-state index in [2.05, 4.69) is 0 Å². The number of hydrogen-bond acceptors (Lipinski definition) is 3. The molecule has 0 saturated heterocycles. The molecule has 3 N–H and O–H groups in total. The Hall–Kier alpha value is -2.33. The highest BCUT2D eigenvalue weighted by molar-refractivity contribution is 5.74. The van der Waals surface area contributed by atoms with E-state index in [1.54, 1.807) is 7.11 Å². The third-order valence-electron chi connectivity index (χ3n) is 3.12. The smallest absolute Gasteiger partial charge is 0.320 e. The van der Waals surface area contributed by atoms with Crippen LogP contribution in [0.1, 0.15) is 5.56 Å². The van der Waals surface area contributed by atoms with E-state index in [1.165, 1.54) is 0 Å². The number of aliphatic carboxylic acids is 1. The van der Waals surface area contributed by atoms with Crippen molar-refractivity contribution < 1.29 is 14.6 Å². The summed E-state index contributed by atoms with van der Waals surface area (Å²) in [6, 6.07) is 14.5. The molecule has 0 aliphatic heterocycles. The third kappa shape index (κ3) is 3.16. The lowest BCUT2D eigenvalue weighted by atomic mass is 9.98. The fraction of sp³-hybridized carbons (Fsp3) is 0.188. The quantitative estimate of drug-likeness (QED) is 0.875. The van der Waals surface area contributed by atoms with Crippen molar-refractivity contribution >= 4 is 5.97 Å². The van der Waals surface area contributed by atoms with Crippen molar-refractivity contribution in [2.24, 2.45) is 5.73 Å². The molecule has 0 bridgehead atoms. The van der Waals surface area contributed by atoms with Crippen molar-refractivity contribution in [3.63, 3.8) is 0 Å². The average molecular weight is 271 g/mol. The van der Waals surface area contributed by atoms with Crippen molar-refractivity contribution in [1.82, 2.24) is 0 Å². The van der Waals surface area contributed by atoms with E-state index in [0.29, 0.717) is 6.42 Å². The highest BCUT2D eigenvalue weighted by atomic mass is 16.5. The lowest BCUT2D eigenvalue weighted by Gasteiger charge is -2.12. The molecule has 0 amide bonds. The zero-order valence-electron chi connectivity index (χ0n) is 11.2. The molecule has 0 fully saturated rings. The summed E-state index contributed by atoms with van der Waals surface area (Å²) in [5.74, 6) is -0.245. The van der Waals surface area contributed by atoms with Crippen molar-refractivity contribution in [2.45, 2.75) is 12.5 Å². The van der Waals surface area contributed by atoms with Gasteiger partial charge in [0.25, 0.3) is 0 Å². The SMILES string of the molecule is COc1ccc(CC(N)C(=O)O)cc1-c1ccccc1. The first-order valence-corrected chi connectivity index (χ1v) is 6.32. The predicted octanol–water partition coefficient (Wildman–Crippen LogP) is 2.32. The summed E-state index contributed by atoms with van der Waals surface area (Å²) in [4.78, 5) is 10.8. The van der Waals surface area contributed by atoms with E-state index >= 15 is 0 Å². The van der Waals surface area contributed by atoms with E-state index in [0.717, 1.165) is 22.4 Å². The second kappa shape index (κ2) is 6.21. The highest BCUT2D eigenvalue weighted by Crippen LogP contribution is 2.31. The number of ether oxygens (including phenoxy) is 1. The van der Waals surface area contributed by atoms with Gasteiger partial charge >= 0.3 is 5.97 Å². The van der Waals surface area contributed by atoms with Gasteiger partial charge in [-0.25, -0.2) is 0 Å². The molecule has 1 unspecified atom stereocenters. The van der Waals surface area contributed by atoms with Crippen LogP contribution in [0.2, 0.25) is 0 Å². The van der Waals surface area contributed by atoms with Gasteiger partial charge in [-0.3, -0.25) is 4.79 Å². The molecule has 2 rings (SSSR count). The molecule has 20 heavy (non-hydrogen) atoms. The van der Waals surface area contributed by atoms with Gasteiger partial charge in [0, 0.05) is 5.56 Å². The van der Waals surface area contributed by atoms with Gasteiger partial charge in [-0.1, -0.05) is 36.4 Å². The Balaban J connectivity index is 2.37. The molecule has 0 radical (unpaired) electrons. The molecule has 4 nitrogen and oxygen atoms in total. The van der Waals surface area contributed by atoms with Gasteiger partial charge < -0.3 is 15.6 Å². The number of rotatable bonds is 5. The van der Waals surface area contributed by atoms with Crippen LogP contribution in [0.25, 0.3) is 11.1 Å². The molecule has 0 aliphatic carbocycles. The maximum Gasteiger partial charge on any atom is 0.320 e. The molecule has 2 aromatic rings. The number of methoxy groups -OCH3 is 1. The van der Waals surface area contributed by atoms with Crippen LogP contribution in [0, 0.1) is 0 Å². The highest BCUT2D eigenvalue weighted by Gasteiger charge is 2.14. The Kier molecular flexibility index (Phi) is 4.38. The Labute approximate surface area is 117 Å². The maximum absolute atomic E-state index is 10.8. The average Bonchev–Trinajstić information content (AvgIpc) is 2.48. The van der Waals surface area contributed by atoms with Crippen LogP contribution >= 0.6 is 0 Å². The second-order valence-electron chi connectivity index (χ2n) is 4.55. The first-order valence-electron chi connectivity index (χ1n) is 6.32. The van der Waals surface area contributed by atoms with Crippen LogP contribution in [-0.2, 0) is 11.2 Å². The zero-order chi connectivity index (χ0) is 14.5. The summed E-state index contributed by atoms with van der Waals surface area (Å²) in [5, 5.41) is 8.88. The third-order valence-corrected chi connectivity index (χ3v) is 3.12. The topological polar surface area (TPSA) is 72.5 Å². The first kappa shape index (κ1) is 14.1. The second-order valence-corrected chi connectivity index (χ2v) is 4.55. The minimum absolute atomic E-state index is 0.291. The molecule has 0 heterocycles. The Bertz CT molecular complexity index is 596. The fourth-order valence-electron chi connectivity index (χ4n) is 2.07. The van der Waals surface area contributed by atoms with Crippen molar-refractivity contribution in [3.05, 3.63) is 54.1 Å². The van der Waals surface area contributed by atoms with Crippen LogP contribution in [0.3, 0.4) is 0 Å². The number of carboxylic acid groups (broad SMARTS) is 1. The van der Waals surface area contributed by atoms with Crippen LogP contribution in [0.15, 0.2) is 48.5 Å². The molecular formula is C16H17NO3. The van der Waals surface area contributed by atoms with Crippen LogP contribution in [0.4, 0.5) is 0 Å². The standard InChI is InChI=1S/C16H17NO3/c1-20-15-8-7-11(10-14(17)16(18)19)9-13(15)12-5-3-2-4-6-12/h2-9,14H,10,17H2,1H3,(H,18,19). The van der Waals surface area contributed by atoms with Crippen LogP contribution in [-0.4, -0.2) is 24.2 Å². The summed E-state index contributed by atoms with van der Waals surface area (Å²) in [6.45, 7) is 0. The molecule has 0 spiro atoms. The van der Waals surface area contributed by atoms with E-state index in [4.69, 9.17) is 15.6 Å². The zero-order valence-corrected chi connectivity index (χ0v) is 11.2. The molecule has 2 aromatic carbocycles. The van der Waals surface area contributed by atoms with E-state index in [1.807, 2.05) is 48.5 Å². The molecular weight excluding hydrogens is 254 g/mol. The molecule has 0 saturated carbocycles.